The monoisotopic (exact) mass is 312 g/mol. The van der Waals surface area contributed by atoms with Crippen LogP contribution in [0.15, 0.2) is 0 Å². The molecule has 1 aliphatic heterocycles. The molecule has 1 rings (SSSR count). The predicted molar refractivity (Wildman–Crippen MR) is 62.5 cm³/mol. The molecule has 1 unspecified atom stereocenters. The van der Waals surface area contributed by atoms with E-state index in [0.29, 0.717) is 6.10 Å². The molecular formula is C11H26O4Zr. The first kappa shape index (κ1) is 25.5. The van der Waals surface area contributed by atoms with Crippen LogP contribution in [0.4, 0.5) is 0 Å². The Hall–Kier alpha value is 0.723. The van der Waals surface area contributed by atoms with E-state index in [1.807, 2.05) is 0 Å². The normalized spacial score (nSPS) is 15.2. The third kappa shape index (κ3) is 36.4. The molecule has 0 radical (unpaired) electrons. The second-order valence-electron chi connectivity index (χ2n) is 2.52. The van der Waals surface area contributed by atoms with E-state index in [4.69, 9.17) is 19.7 Å². The number of ether oxygens (including phenoxy) is 2. The van der Waals surface area contributed by atoms with Crippen molar-refractivity contribution in [3.63, 3.8) is 0 Å². The third-order valence-corrected chi connectivity index (χ3v) is 0.995. The van der Waals surface area contributed by atoms with E-state index in [-0.39, 0.29) is 46.8 Å². The van der Waals surface area contributed by atoms with E-state index >= 15 is 0 Å². The van der Waals surface area contributed by atoms with Gasteiger partial charge in [-0.15, -0.1) is 0 Å². The molecule has 0 bridgehead atoms. The molecule has 1 heterocycles. The molecule has 1 saturated heterocycles. The number of hydrogen-bond donors (Lipinski definition) is 2. The standard InChI is InChI=1S/C6H11O2.2C2H6O.CH3.Zr/c1-2-3-7-4-6-5-8-6;2*1-2-3;;/h6H,1-5H2;2*3H,2H2,1H3;1H3;/q-1;;;-1;+2. The minimum absolute atomic E-state index is 0. The van der Waals surface area contributed by atoms with Crippen molar-refractivity contribution in [1.82, 2.24) is 0 Å². The zero-order chi connectivity index (χ0) is 11.2. The molecule has 0 saturated carbocycles. The van der Waals surface area contributed by atoms with Crippen LogP contribution in [0.3, 0.4) is 0 Å². The summed E-state index contributed by atoms with van der Waals surface area (Å²) < 4.78 is 10.0. The number of rotatable bonds is 4. The molecule has 1 aliphatic rings. The molecule has 4 nitrogen and oxygen atoms in total. The molecule has 1 fully saturated rings. The van der Waals surface area contributed by atoms with Gasteiger partial charge in [-0.2, -0.15) is 6.42 Å². The summed E-state index contributed by atoms with van der Waals surface area (Å²) in [7, 11) is 0. The van der Waals surface area contributed by atoms with E-state index in [2.05, 4.69) is 6.92 Å². The van der Waals surface area contributed by atoms with Gasteiger partial charge in [-0.3, -0.25) is 0 Å². The minimum Gasteiger partial charge on any atom is -0.397 e. The van der Waals surface area contributed by atoms with Crippen molar-refractivity contribution in [1.29, 1.82) is 0 Å². The molecule has 0 aromatic carbocycles. The van der Waals surface area contributed by atoms with E-state index in [1.165, 1.54) is 0 Å². The van der Waals surface area contributed by atoms with Crippen LogP contribution in [0, 0.1) is 14.4 Å². The Morgan fingerprint density at radius 3 is 1.94 bits per heavy atom. The summed E-state index contributed by atoms with van der Waals surface area (Å²) in [5.41, 5.74) is 0. The van der Waals surface area contributed by atoms with E-state index in [1.54, 1.807) is 13.8 Å². The van der Waals surface area contributed by atoms with Crippen LogP contribution in [0.5, 0.6) is 0 Å². The Morgan fingerprint density at radius 1 is 1.31 bits per heavy atom. The maximum atomic E-state index is 7.57. The van der Waals surface area contributed by atoms with Gasteiger partial charge in [-0.25, -0.2) is 0 Å². The quantitative estimate of drug-likeness (QED) is 0.463. The van der Waals surface area contributed by atoms with E-state index in [9.17, 15) is 0 Å². The summed E-state index contributed by atoms with van der Waals surface area (Å²) in [6.45, 7) is 9.91. The van der Waals surface area contributed by atoms with Crippen LogP contribution in [0.1, 0.15) is 20.3 Å². The van der Waals surface area contributed by atoms with Crippen molar-refractivity contribution >= 4 is 0 Å². The van der Waals surface area contributed by atoms with Crippen molar-refractivity contribution in [3.8, 4) is 0 Å². The largest absolute Gasteiger partial charge is 2.00 e. The minimum atomic E-state index is 0. The van der Waals surface area contributed by atoms with Gasteiger partial charge in [-0.05, 0) is 13.8 Å². The Morgan fingerprint density at radius 2 is 1.69 bits per heavy atom. The number of aliphatic hydroxyl groups is 2. The van der Waals surface area contributed by atoms with Crippen LogP contribution in [0.2, 0.25) is 0 Å². The average molecular weight is 314 g/mol. The van der Waals surface area contributed by atoms with Gasteiger partial charge in [0.15, 0.2) is 0 Å². The fourth-order valence-electron chi connectivity index (χ4n) is 0.481. The smallest absolute Gasteiger partial charge is 0.397 e. The molecule has 98 valence electrons. The summed E-state index contributed by atoms with van der Waals surface area (Å²) in [6.07, 6.45) is 1.26. The fourth-order valence-corrected chi connectivity index (χ4v) is 0.481. The van der Waals surface area contributed by atoms with Crippen molar-refractivity contribution in [2.45, 2.75) is 26.4 Å². The third-order valence-electron chi connectivity index (χ3n) is 0.995. The molecule has 0 aliphatic carbocycles. The zero-order valence-corrected chi connectivity index (χ0v) is 13.2. The number of aliphatic hydroxyl groups excluding tert-OH is 2. The number of epoxide rings is 1. The van der Waals surface area contributed by atoms with E-state index < -0.39 is 0 Å². The second kappa shape index (κ2) is 24.8. The van der Waals surface area contributed by atoms with Crippen molar-refractivity contribution in [2.24, 2.45) is 0 Å². The molecule has 0 spiro atoms. The molecule has 1 atom stereocenters. The first-order valence-electron chi connectivity index (χ1n) is 4.96. The van der Waals surface area contributed by atoms with Crippen molar-refractivity contribution in [3.05, 3.63) is 14.4 Å². The van der Waals surface area contributed by atoms with Crippen LogP contribution < -0.4 is 0 Å². The van der Waals surface area contributed by atoms with Gasteiger partial charge in [0.1, 0.15) is 6.10 Å². The van der Waals surface area contributed by atoms with Crippen molar-refractivity contribution < 1.29 is 45.9 Å². The first-order valence-corrected chi connectivity index (χ1v) is 4.96. The van der Waals surface area contributed by atoms with Gasteiger partial charge < -0.3 is 34.0 Å². The van der Waals surface area contributed by atoms with Crippen molar-refractivity contribution in [2.75, 3.05) is 33.0 Å². The van der Waals surface area contributed by atoms with Crippen LogP contribution in [-0.4, -0.2) is 49.4 Å². The maximum Gasteiger partial charge on any atom is 2.00 e. The van der Waals surface area contributed by atoms with Gasteiger partial charge in [0.25, 0.3) is 0 Å². The predicted octanol–water partition coefficient (Wildman–Crippen LogP) is 1.07. The van der Waals surface area contributed by atoms with Gasteiger partial charge in [0, 0.05) is 19.8 Å². The van der Waals surface area contributed by atoms with Gasteiger partial charge in [0.2, 0.25) is 0 Å². The molecule has 5 heteroatoms. The van der Waals surface area contributed by atoms with Crippen LogP contribution in [-0.2, 0) is 35.7 Å². The summed E-state index contributed by atoms with van der Waals surface area (Å²) >= 11 is 0. The molecule has 16 heavy (non-hydrogen) atoms. The molecule has 0 amide bonds. The Kier molecular flexibility index (Phi) is 39.6. The van der Waals surface area contributed by atoms with Gasteiger partial charge >= 0.3 is 26.2 Å². The molecular weight excluding hydrogens is 287 g/mol. The van der Waals surface area contributed by atoms with Gasteiger partial charge in [-0.1, -0.05) is 0 Å². The Labute approximate surface area is 119 Å². The summed E-state index contributed by atoms with van der Waals surface area (Å²) in [5, 5.41) is 15.1. The fraction of sp³-hybridized carbons (Fsp3) is 0.818. The summed E-state index contributed by atoms with van der Waals surface area (Å²) in [4.78, 5) is 0. The molecule has 2 N–H and O–H groups in total. The van der Waals surface area contributed by atoms with Crippen LogP contribution in [0.25, 0.3) is 0 Å². The van der Waals surface area contributed by atoms with Crippen LogP contribution >= 0.6 is 0 Å². The van der Waals surface area contributed by atoms with Gasteiger partial charge in [0.05, 0.1) is 13.2 Å². The average Bonchev–Trinajstić information content (AvgIpc) is 2.91. The summed E-state index contributed by atoms with van der Waals surface area (Å²) in [6, 6.07) is 0. The molecule has 0 aromatic heterocycles. The Bertz CT molecular complexity index is 88.1. The topological polar surface area (TPSA) is 62.2 Å². The Balaban J connectivity index is -0.0000000785. The first-order chi connectivity index (χ1) is 6.76. The van der Waals surface area contributed by atoms with E-state index in [0.717, 1.165) is 26.2 Å². The number of hydrogen-bond acceptors (Lipinski definition) is 4. The molecule has 0 aromatic rings. The SMILES string of the molecule is CCO.CCO.[CH2-]CCOCC1CO1.[CH3-].[Zr+2]. The maximum absolute atomic E-state index is 7.57. The second-order valence-corrected chi connectivity index (χ2v) is 2.52. The summed E-state index contributed by atoms with van der Waals surface area (Å²) in [5.74, 6) is 0. The zero-order valence-electron chi connectivity index (χ0n) is 10.7.